The highest BCUT2D eigenvalue weighted by atomic mass is 127. The Balaban J connectivity index is 0.00000363. The van der Waals surface area contributed by atoms with Crippen LogP contribution in [0.3, 0.4) is 0 Å². The van der Waals surface area contributed by atoms with Crippen molar-refractivity contribution in [2.24, 2.45) is 4.99 Å². The standard InChI is InChI=1S/C23H28FN5O2.HI/c1-25-23(27-20-5-3-6-22(17-20)31-16-4-15-30-2)26-13-11-19-12-14-29(28-19)21-9-7-18(24)8-10-21;/h3,5-10,12,14,17H,4,11,13,15-16H2,1-2H3,(H2,25,26,27);1H. The summed E-state index contributed by atoms with van der Waals surface area (Å²) in [4.78, 5) is 4.27. The molecule has 0 saturated carbocycles. The van der Waals surface area contributed by atoms with E-state index < -0.39 is 0 Å². The minimum Gasteiger partial charge on any atom is -0.493 e. The maximum Gasteiger partial charge on any atom is 0.195 e. The van der Waals surface area contributed by atoms with Crippen LogP contribution in [0.4, 0.5) is 10.1 Å². The molecule has 2 N–H and O–H groups in total. The summed E-state index contributed by atoms with van der Waals surface area (Å²) >= 11 is 0. The van der Waals surface area contributed by atoms with E-state index in [0.717, 1.165) is 35.7 Å². The molecule has 1 aromatic heterocycles. The van der Waals surface area contributed by atoms with Crippen LogP contribution in [0.2, 0.25) is 0 Å². The lowest BCUT2D eigenvalue weighted by Crippen LogP contribution is -2.32. The molecule has 0 aliphatic carbocycles. The fraction of sp³-hybridized carbons (Fsp3) is 0.304. The Labute approximate surface area is 205 Å². The van der Waals surface area contributed by atoms with Gasteiger partial charge in [-0.1, -0.05) is 6.07 Å². The van der Waals surface area contributed by atoms with Gasteiger partial charge in [0.05, 0.1) is 18.0 Å². The number of halogens is 2. The summed E-state index contributed by atoms with van der Waals surface area (Å²) in [7, 11) is 3.41. The molecule has 0 atom stereocenters. The Hall–Kier alpha value is -2.66. The Bertz CT molecular complexity index is 979. The van der Waals surface area contributed by atoms with Gasteiger partial charge in [-0.15, -0.1) is 24.0 Å². The van der Waals surface area contributed by atoms with Crippen molar-refractivity contribution < 1.29 is 13.9 Å². The number of hydrogen-bond acceptors (Lipinski definition) is 4. The maximum atomic E-state index is 13.1. The largest absolute Gasteiger partial charge is 0.493 e. The van der Waals surface area contributed by atoms with Crippen LogP contribution in [0, 0.1) is 5.82 Å². The Morgan fingerprint density at radius 2 is 1.94 bits per heavy atom. The normalized spacial score (nSPS) is 11.0. The Morgan fingerprint density at radius 1 is 1.12 bits per heavy atom. The molecule has 3 aromatic rings. The molecule has 0 aliphatic heterocycles. The molecular weight excluding hydrogens is 524 g/mol. The Morgan fingerprint density at radius 3 is 2.69 bits per heavy atom. The third-order valence-electron chi connectivity index (χ3n) is 4.49. The molecule has 0 saturated heterocycles. The predicted octanol–water partition coefficient (Wildman–Crippen LogP) is 4.27. The van der Waals surface area contributed by atoms with Crippen molar-refractivity contribution in [2.45, 2.75) is 12.8 Å². The zero-order valence-corrected chi connectivity index (χ0v) is 20.6. The van der Waals surface area contributed by atoms with Gasteiger partial charge in [-0.05, 0) is 42.5 Å². The average Bonchev–Trinajstić information content (AvgIpc) is 3.26. The fourth-order valence-corrected chi connectivity index (χ4v) is 2.91. The number of nitrogens with zero attached hydrogens (tertiary/aromatic N) is 3. The van der Waals surface area contributed by atoms with Crippen LogP contribution in [0.5, 0.6) is 5.75 Å². The molecule has 32 heavy (non-hydrogen) atoms. The lowest BCUT2D eigenvalue weighted by molar-refractivity contribution is 0.172. The summed E-state index contributed by atoms with van der Waals surface area (Å²) in [5.74, 6) is 1.19. The minimum atomic E-state index is -0.262. The molecule has 9 heteroatoms. The first-order valence-corrected chi connectivity index (χ1v) is 10.2. The van der Waals surface area contributed by atoms with E-state index in [9.17, 15) is 4.39 Å². The third kappa shape index (κ3) is 8.12. The van der Waals surface area contributed by atoms with E-state index in [-0.39, 0.29) is 29.8 Å². The van der Waals surface area contributed by atoms with Gasteiger partial charge in [-0.2, -0.15) is 5.10 Å². The predicted molar refractivity (Wildman–Crippen MR) is 136 cm³/mol. The number of anilines is 1. The summed E-state index contributed by atoms with van der Waals surface area (Å²) in [6.07, 6.45) is 3.43. The van der Waals surface area contributed by atoms with Crippen molar-refractivity contribution in [1.29, 1.82) is 0 Å². The number of benzene rings is 2. The van der Waals surface area contributed by atoms with E-state index in [1.165, 1.54) is 12.1 Å². The highest BCUT2D eigenvalue weighted by Crippen LogP contribution is 2.17. The van der Waals surface area contributed by atoms with Crippen LogP contribution < -0.4 is 15.4 Å². The molecule has 2 aromatic carbocycles. The van der Waals surface area contributed by atoms with Gasteiger partial charge in [0.25, 0.3) is 0 Å². The third-order valence-corrected chi connectivity index (χ3v) is 4.49. The summed E-state index contributed by atoms with van der Waals surface area (Å²) in [5, 5.41) is 11.1. The molecular formula is C23H29FIN5O2. The molecule has 0 fully saturated rings. The van der Waals surface area contributed by atoms with Gasteiger partial charge in [0, 0.05) is 58.1 Å². The van der Waals surface area contributed by atoms with E-state index in [0.29, 0.717) is 25.7 Å². The van der Waals surface area contributed by atoms with Crippen molar-refractivity contribution in [2.75, 3.05) is 39.2 Å². The zero-order valence-electron chi connectivity index (χ0n) is 18.3. The van der Waals surface area contributed by atoms with Crippen LogP contribution in [0.15, 0.2) is 65.8 Å². The van der Waals surface area contributed by atoms with E-state index in [1.54, 1.807) is 31.0 Å². The van der Waals surface area contributed by atoms with E-state index in [4.69, 9.17) is 9.47 Å². The van der Waals surface area contributed by atoms with E-state index in [2.05, 4.69) is 20.7 Å². The fourth-order valence-electron chi connectivity index (χ4n) is 2.91. The van der Waals surface area contributed by atoms with Gasteiger partial charge in [-0.25, -0.2) is 9.07 Å². The van der Waals surface area contributed by atoms with E-state index in [1.807, 2.05) is 36.5 Å². The molecule has 0 amide bonds. The molecule has 172 valence electrons. The maximum absolute atomic E-state index is 13.1. The molecule has 1 heterocycles. The minimum absolute atomic E-state index is 0. The topological polar surface area (TPSA) is 72.7 Å². The second-order valence-corrected chi connectivity index (χ2v) is 6.82. The van der Waals surface area contributed by atoms with E-state index >= 15 is 0 Å². The number of aromatic nitrogens is 2. The highest BCUT2D eigenvalue weighted by molar-refractivity contribution is 14.0. The number of aliphatic imine (C=N–C) groups is 1. The van der Waals surface area contributed by atoms with Gasteiger partial charge in [-0.3, -0.25) is 4.99 Å². The smallest absolute Gasteiger partial charge is 0.195 e. The van der Waals surface area contributed by atoms with Crippen molar-refractivity contribution in [3.63, 3.8) is 0 Å². The first-order chi connectivity index (χ1) is 15.2. The van der Waals surface area contributed by atoms with Gasteiger partial charge < -0.3 is 20.1 Å². The molecule has 0 bridgehead atoms. The van der Waals surface area contributed by atoms with Crippen molar-refractivity contribution in [3.05, 3.63) is 72.3 Å². The molecule has 0 radical (unpaired) electrons. The molecule has 0 aliphatic rings. The number of guanidine groups is 1. The zero-order chi connectivity index (χ0) is 21.9. The molecule has 3 rings (SSSR count). The quantitative estimate of drug-likeness (QED) is 0.170. The lowest BCUT2D eigenvalue weighted by Gasteiger charge is -2.13. The first-order valence-electron chi connectivity index (χ1n) is 10.2. The number of nitrogens with one attached hydrogen (secondary N) is 2. The second-order valence-electron chi connectivity index (χ2n) is 6.82. The van der Waals surface area contributed by atoms with Crippen LogP contribution in [-0.2, 0) is 11.2 Å². The number of rotatable bonds is 10. The highest BCUT2D eigenvalue weighted by Gasteiger charge is 2.04. The molecule has 0 unspecified atom stereocenters. The SMILES string of the molecule is CN=C(NCCc1ccn(-c2ccc(F)cc2)n1)Nc1cccc(OCCCOC)c1.I. The first kappa shape index (κ1) is 25.6. The van der Waals surface area contributed by atoms with Gasteiger partial charge in [0.15, 0.2) is 5.96 Å². The summed E-state index contributed by atoms with van der Waals surface area (Å²) in [6, 6.07) is 15.9. The van der Waals surface area contributed by atoms with Crippen molar-refractivity contribution >= 4 is 35.6 Å². The number of ether oxygens (including phenoxy) is 2. The van der Waals surface area contributed by atoms with Crippen molar-refractivity contribution in [1.82, 2.24) is 15.1 Å². The Kier molecular flexibility index (Phi) is 10.9. The number of hydrogen-bond donors (Lipinski definition) is 2. The van der Waals surface area contributed by atoms with Crippen LogP contribution in [0.25, 0.3) is 5.69 Å². The molecule has 0 spiro atoms. The monoisotopic (exact) mass is 553 g/mol. The summed E-state index contributed by atoms with van der Waals surface area (Å²) in [6.45, 7) is 1.94. The van der Waals surface area contributed by atoms with Crippen LogP contribution in [-0.4, -0.2) is 49.7 Å². The molecule has 7 nitrogen and oxygen atoms in total. The second kappa shape index (κ2) is 13.7. The lowest BCUT2D eigenvalue weighted by atomic mass is 10.3. The van der Waals surface area contributed by atoms with Gasteiger partial charge >= 0.3 is 0 Å². The summed E-state index contributed by atoms with van der Waals surface area (Å²) in [5.41, 5.74) is 2.64. The van der Waals surface area contributed by atoms with Gasteiger partial charge in [0.1, 0.15) is 11.6 Å². The van der Waals surface area contributed by atoms with Crippen LogP contribution in [0.1, 0.15) is 12.1 Å². The average molecular weight is 553 g/mol. The van der Waals surface area contributed by atoms with Crippen molar-refractivity contribution in [3.8, 4) is 11.4 Å². The van der Waals surface area contributed by atoms with Gasteiger partial charge in [0.2, 0.25) is 0 Å². The number of methoxy groups -OCH3 is 1. The van der Waals surface area contributed by atoms with Crippen LogP contribution >= 0.6 is 24.0 Å². The summed E-state index contributed by atoms with van der Waals surface area (Å²) < 4.78 is 25.6.